The SMILES string of the molecule is C=S(C)(=O)NCc1cc(F)cc(-c2cncc3[nH]c(-c4n[nH]c5ccc(-c6cncc(NC(C)C)c6)cc45)nc23)c1. The number of halogens is 1. The van der Waals surface area contributed by atoms with E-state index in [4.69, 9.17) is 4.98 Å². The second-order valence-electron chi connectivity index (χ2n) is 10.4. The lowest BCUT2D eigenvalue weighted by Gasteiger charge is -2.11. The number of hydrogen-bond donors (Lipinski definition) is 4. The third kappa shape index (κ3) is 5.67. The van der Waals surface area contributed by atoms with Crippen LogP contribution in [0.5, 0.6) is 0 Å². The number of imidazole rings is 1. The molecule has 6 aromatic rings. The van der Waals surface area contributed by atoms with Crippen LogP contribution in [0.4, 0.5) is 10.1 Å². The van der Waals surface area contributed by atoms with E-state index in [9.17, 15) is 8.60 Å². The fourth-order valence-corrected chi connectivity index (χ4v) is 5.26. The molecular formula is C30H29FN8OS. The zero-order valence-electron chi connectivity index (χ0n) is 22.8. The minimum absolute atomic E-state index is 0.215. The standard InChI is InChI=1S/C30H29FN8OS/c1-17(2)35-23-10-21(13-32-14-23)19-5-6-26-24(11-19)29(39-38-26)30-36-27-16-33-15-25(28(27)37-30)20-7-18(8-22(31)9-20)12-34-41(3,4)40/h5-11,13-17,35H,3,12H2,1-2,4H3,(H,34,40)(H,36,37)(H,38,39). The van der Waals surface area contributed by atoms with Crippen LogP contribution in [0.25, 0.3) is 55.7 Å². The highest BCUT2D eigenvalue weighted by Gasteiger charge is 2.17. The molecule has 2 aromatic carbocycles. The molecule has 0 aliphatic heterocycles. The number of H-pyrrole nitrogens is 2. The normalized spacial score (nSPS) is 13.2. The van der Waals surface area contributed by atoms with Crippen molar-refractivity contribution in [3.8, 4) is 33.8 Å². The quantitative estimate of drug-likeness (QED) is 0.179. The molecule has 0 fully saturated rings. The first-order valence-electron chi connectivity index (χ1n) is 13.0. The van der Waals surface area contributed by atoms with E-state index >= 15 is 0 Å². The zero-order valence-corrected chi connectivity index (χ0v) is 23.6. The number of benzene rings is 2. The predicted molar refractivity (Wildman–Crippen MR) is 164 cm³/mol. The van der Waals surface area contributed by atoms with Gasteiger partial charge in [-0.15, -0.1) is 0 Å². The van der Waals surface area contributed by atoms with Gasteiger partial charge in [0.1, 0.15) is 11.5 Å². The molecule has 0 spiro atoms. The molecule has 0 saturated carbocycles. The lowest BCUT2D eigenvalue weighted by Crippen LogP contribution is -2.21. The number of aromatic amines is 2. The van der Waals surface area contributed by atoms with E-state index in [0.717, 1.165) is 27.7 Å². The average molecular weight is 569 g/mol. The Hall–Kier alpha value is -4.61. The maximum Gasteiger partial charge on any atom is 0.159 e. The Bertz CT molecular complexity index is 2010. The molecular weight excluding hydrogens is 539 g/mol. The van der Waals surface area contributed by atoms with Gasteiger partial charge in [-0.2, -0.15) is 5.10 Å². The van der Waals surface area contributed by atoms with Crippen molar-refractivity contribution in [3.63, 3.8) is 0 Å². The lowest BCUT2D eigenvalue weighted by molar-refractivity contribution is 0.625. The van der Waals surface area contributed by atoms with Gasteiger partial charge in [0.15, 0.2) is 5.82 Å². The minimum atomic E-state index is -2.43. The van der Waals surface area contributed by atoms with Crippen molar-refractivity contribution < 1.29 is 8.60 Å². The Labute approximate surface area is 236 Å². The average Bonchev–Trinajstić information content (AvgIpc) is 3.54. The molecule has 41 heavy (non-hydrogen) atoms. The maximum absolute atomic E-state index is 14.6. The van der Waals surface area contributed by atoms with Crippen molar-refractivity contribution in [2.45, 2.75) is 26.4 Å². The Morgan fingerprint density at radius 2 is 1.80 bits per heavy atom. The van der Waals surface area contributed by atoms with E-state index in [1.54, 1.807) is 12.4 Å². The van der Waals surface area contributed by atoms with Crippen LogP contribution < -0.4 is 10.0 Å². The molecule has 208 valence electrons. The molecule has 4 heterocycles. The summed E-state index contributed by atoms with van der Waals surface area (Å²) in [6.07, 6.45) is 8.50. The van der Waals surface area contributed by atoms with Gasteiger partial charge in [-0.3, -0.25) is 19.3 Å². The molecule has 9 nitrogen and oxygen atoms in total. The van der Waals surface area contributed by atoms with Crippen molar-refractivity contribution in [3.05, 3.63) is 78.6 Å². The highest BCUT2D eigenvalue weighted by atomic mass is 32.2. The monoisotopic (exact) mass is 568 g/mol. The van der Waals surface area contributed by atoms with Gasteiger partial charge < -0.3 is 10.3 Å². The van der Waals surface area contributed by atoms with Crippen molar-refractivity contribution in [2.75, 3.05) is 11.6 Å². The smallest absolute Gasteiger partial charge is 0.159 e. The molecule has 1 unspecified atom stereocenters. The Morgan fingerprint density at radius 1 is 0.976 bits per heavy atom. The summed E-state index contributed by atoms with van der Waals surface area (Å²) < 4.78 is 29.4. The van der Waals surface area contributed by atoms with E-state index in [1.807, 2.05) is 30.6 Å². The number of fused-ring (bicyclic) bond motifs is 2. The van der Waals surface area contributed by atoms with Crippen molar-refractivity contribution in [2.24, 2.45) is 0 Å². The van der Waals surface area contributed by atoms with Crippen molar-refractivity contribution >= 4 is 43.2 Å². The van der Waals surface area contributed by atoms with Crippen LogP contribution in [-0.4, -0.2) is 52.5 Å². The Kier molecular flexibility index (Phi) is 6.76. The predicted octanol–water partition coefficient (Wildman–Crippen LogP) is 5.54. The fourth-order valence-electron chi connectivity index (χ4n) is 4.78. The molecule has 11 heteroatoms. The van der Waals surface area contributed by atoms with Gasteiger partial charge in [-0.25, -0.2) is 14.1 Å². The van der Waals surface area contributed by atoms with Crippen molar-refractivity contribution in [1.29, 1.82) is 0 Å². The summed E-state index contributed by atoms with van der Waals surface area (Å²) in [5.41, 5.74) is 7.71. The summed E-state index contributed by atoms with van der Waals surface area (Å²) in [6.45, 7) is 4.39. The Balaban J connectivity index is 1.40. The van der Waals surface area contributed by atoms with Crippen LogP contribution >= 0.6 is 0 Å². The first-order valence-corrected chi connectivity index (χ1v) is 15.2. The van der Waals surface area contributed by atoms with Gasteiger partial charge in [-0.05, 0) is 72.8 Å². The van der Waals surface area contributed by atoms with Crippen molar-refractivity contribution in [1.82, 2.24) is 34.9 Å². The second-order valence-corrected chi connectivity index (χ2v) is 12.7. The van der Waals surface area contributed by atoms with Gasteiger partial charge in [0.05, 0.1) is 28.4 Å². The number of anilines is 1. The van der Waals surface area contributed by atoms with Gasteiger partial charge in [0.25, 0.3) is 0 Å². The summed E-state index contributed by atoms with van der Waals surface area (Å²) in [5.74, 6) is 3.75. The second kappa shape index (κ2) is 10.4. The van der Waals surface area contributed by atoms with E-state index in [0.29, 0.717) is 45.3 Å². The van der Waals surface area contributed by atoms with Gasteiger partial charge in [0.2, 0.25) is 0 Å². The first kappa shape index (κ1) is 26.6. The summed E-state index contributed by atoms with van der Waals surface area (Å²) in [4.78, 5) is 17.0. The van der Waals surface area contributed by atoms with Gasteiger partial charge in [-0.1, -0.05) is 6.07 Å². The van der Waals surface area contributed by atoms with E-state index in [2.05, 4.69) is 67.0 Å². The summed E-state index contributed by atoms with van der Waals surface area (Å²) in [6, 6.07) is 13.1. The number of rotatable bonds is 8. The Morgan fingerprint density at radius 3 is 2.61 bits per heavy atom. The summed E-state index contributed by atoms with van der Waals surface area (Å²) in [7, 11) is -2.43. The molecule has 4 aromatic heterocycles. The molecule has 0 saturated heterocycles. The molecule has 1 atom stereocenters. The number of pyridine rings is 2. The van der Waals surface area contributed by atoms with Crippen LogP contribution in [0.3, 0.4) is 0 Å². The first-order chi connectivity index (χ1) is 19.6. The molecule has 0 aliphatic rings. The largest absolute Gasteiger partial charge is 0.382 e. The molecule has 4 N–H and O–H groups in total. The highest BCUT2D eigenvalue weighted by molar-refractivity contribution is 7.97. The van der Waals surface area contributed by atoms with E-state index < -0.39 is 15.5 Å². The third-order valence-electron chi connectivity index (χ3n) is 6.56. The van der Waals surface area contributed by atoms with Gasteiger partial charge >= 0.3 is 0 Å². The molecule has 6 rings (SSSR count). The fraction of sp³-hybridized carbons (Fsp3) is 0.167. The van der Waals surface area contributed by atoms with E-state index in [-0.39, 0.29) is 6.54 Å². The van der Waals surface area contributed by atoms with E-state index in [1.165, 1.54) is 18.4 Å². The van der Waals surface area contributed by atoms with Crippen LogP contribution in [0, 0.1) is 5.82 Å². The molecule has 0 aliphatic carbocycles. The summed E-state index contributed by atoms with van der Waals surface area (Å²) >= 11 is 0. The van der Waals surface area contributed by atoms with Crippen LogP contribution in [-0.2, 0) is 16.3 Å². The number of nitrogens with zero attached hydrogens (tertiary/aromatic N) is 4. The maximum atomic E-state index is 14.6. The highest BCUT2D eigenvalue weighted by Crippen LogP contribution is 2.33. The molecule has 0 bridgehead atoms. The number of hydrogen-bond acceptors (Lipinski definition) is 6. The third-order valence-corrected chi connectivity index (χ3v) is 7.31. The topological polar surface area (TPSA) is 124 Å². The summed E-state index contributed by atoms with van der Waals surface area (Å²) in [5, 5.41) is 11.9. The number of aromatic nitrogens is 6. The lowest BCUT2D eigenvalue weighted by atomic mass is 10.0. The number of nitrogens with one attached hydrogen (secondary N) is 4. The molecule has 0 amide bonds. The van der Waals surface area contributed by atoms with Crippen LogP contribution in [0.2, 0.25) is 0 Å². The molecule has 0 radical (unpaired) electrons. The zero-order chi connectivity index (χ0) is 28.7. The minimum Gasteiger partial charge on any atom is -0.382 e. The van der Waals surface area contributed by atoms with Gasteiger partial charge in [0, 0.05) is 63.7 Å². The van der Waals surface area contributed by atoms with Crippen LogP contribution in [0.1, 0.15) is 19.4 Å². The van der Waals surface area contributed by atoms with Crippen LogP contribution in [0.15, 0.2) is 67.3 Å².